The largest absolute Gasteiger partial charge is 0.497 e. The molecule has 5 nitrogen and oxygen atoms in total. The molecule has 0 saturated carbocycles. The monoisotopic (exact) mass is 410 g/mol. The van der Waals surface area contributed by atoms with Gasteiger partial charge in [-0.1, -0.05) is 46.8 Å². The summed E-state index contributed by atoms with van der Waals surface area (Å²) in [6.07, 6.45) is -2.42. The normalized spacial score (nSPS) is 16.0. The maximum absolute atomic E-state index is 12.3. The fourth-order valence-electron chi connectivity index (χ4n) is 2.66. The highest BCUT2D eigenvalue weighted by molar-refractivity contribution is 6.74. The van der Waals surface area contributed by atoms with E-state index in [1.54, 1.807) is 7.11 Å². The van der Waals surface area contributed by atoms with E-state index in [1.807, 2.05) is 38.1 Å². The molecule has 0 aliphatic rings. The van der Waals surface area contributed by atoms with Gasteiger partial charge in [-0.05, 0) is 48.7 Å². The third-order valence-electron chi connectivity index (χ3n) is 5.53. The summed E-state index contributed by atoms with van der Waals surface area (Å²) in [5, 5.41) is 11.0. The van der Waals surface area contributed by atoms with Gasteiger partial charge < -0.3 is 19.0 Å². The van der Waals surface area contributed by atoms with Crippen LogP contribution in [-0.4, -0.2) is 44.6 Å². The third kappa shape index (κ3) is 6.69. The molecule has 3 atom stereocenters. The van der Waals surface area contributed by atoms with Gasteiger partial charge in [-0.2, -0.15) is 0 Å². The van der Waals surface area contributed by atoms with Crippen LogP contribution in [-0.2, 0) is 20.6 Å². The van der Waals surface area contributed by atoms with Gasteiger partial charge in [-0.15, -0.1) is 0 Å². The first-order chi connectivity index (χ1) is 12.8. The van der Waals surface area contributed by atoms with Crippen molar-refractivity contribution < 1.29 is 23.8 Å². The predicted octanol–water partition coefficient (Wildman–Crippen LogP) is 4.58. The van der Waals surface area contributed by atoms with E-state index in [0.717, 1.165) is 11.3 Å². The molecular weight excluding hydrogens is 372 g/mol. The van der Waals surface area contributed by atoms with Crippen molar-refractivity contribution in [3.8, 4) is 5.75 Å². The van der Waals surface area contributed by atoms with Crippen LogP contribution in [0.1, 0.15) is 47.1 Å². The van der Waals surface area contributed by atoms with Crippen molar-refractivity contribution >= 4 is 14.1 Å². The number of rotatable bonds is 10. The van der Waals surface area contributed by atoms with Gasteiger partial charge in [0.2, 0.25) is 0 Å². The first-order valence-corrected chi connectivity index (χ1v) is 12.8. The van der Waals surface area contributed by atoms with Crippen LogP contribution in [0.25, 0.3) is 0 Å². The van der Waals surface area contributed by atoms with E-state index in [-0.39, 0.29) is 16.7 Å². The van der Waals surface area contributed by atoms with Gasteiger partial charge in [-0.3, -0.25) is 4.79 Å². The van der Waals surface area contributed by atoms with Crippen molar-refractivity contribution in [2.45, 2.75) is 84.6 Å². The molecule has 0 heterocycles. The summed E-state index contributed by atoms with van der Waals surface area (Å²) in [5.41, 5.74) is 0.975. The molecule has 0 bridgehead atoms. The highest BCUT2D eigenvalue weighted by atomic mass is 28.4. The summed E-state index contributed by atoms with van der Waals surface area (Å²) in [5.74, 6) is 0.637. The molecule has 160 valence electrons. The quantitative estimate of drug-likeness (QED) is 0.572. The molecule has 28 heavy (non-hydrogen) atoms. The molecule has 1 aromatic rings. The van der Waals surface area contributed by atoms with E-state index < -0.39 is 26.6 Å². The smallest absolute Gasteiger partial charge is 0.193 e. The van der Waals surface area contributed by atoms with Crippen molar-refractivity contribution in [2.75, 3.05) is 7.11 Å². The molecular formula is C22H38O5Si. The fourth-order valence-corrected chi connectivity index (χ4v) is 3.95. The van der Waals surface area contributed by atoms with E-state index in [1.165, 1.54) is 6.92 Å². The number of carbonyl (C=O) groups excluding carboxylic acids is 1. The first-order valence-electron chi connectivity index (χ1n) is 9.91. The van der Waals surface area contributed by atoms with Crippen LogP contribution in [0.5, 0.6) is 5.75 Å². The van der Waals surface area contributed by atoms with Gasteiger partial charge in [-0.25, -0.2) is 0 Å². The van der Waals surface area contributed by atoms with Crippen LogP contribution in [0.4, 0.5) is 0 Å². The molecule has 0 aliphatic heterocycles. The Bertz CT molecular complexity index is 619. The van der Waals surface area contributed by atoms with Crippen LogP contribution in [0.2, 0.25) is 18.1 Å². The summed E-state index contributed by atoms with van der Waals surface area (Å²) < 4.78 is 17.5. The molecule has 0 aliphatic carbocycles. The van der Waals surface area contributed by atoms with Crippen LogP contribution >= 0.6 is 0 Å². The number of hydrogen-bond acceptors (Lipinski definition) is 5. The Morgan fingerprint density at radius 3 is 2.07 bits per heavy atom. The second-order valence-corrected chi connectivity index (χ2v) is 14.0. The molecule has 6 heteroatoms. The molecule has 0 radical (unpaired) electrons. The Labute approximate surface area is 171 Å². The maximum Gasteiger partial charge on any atom is 0.193 e. The molecule has 1 rings (SSSR count). The molecule has 0 unspecified atom stereocenters. The lowest BCUT2D eigenvalue weighted by Crippen LogP contribution is -2.53. The Kier molecular flexibility index (Phi) is 8.87. The molecule has 0 aromatic heterocycles. The SMILES string of the molecule is COc1ccc(CO[C@@H](C(C)C)[C@H](O)[C@@H](O[Si](C)(C)C(C)(C)C)C(C)=O)cc1. The highest BCUT2D eigenvalue weighted by Gasteiger charge is 2.44. The predicted molar refractivity (Wildman–Crippen MR) is 115 cm³/mol. The summed E-state index contributed by atoms with van der Waals surface area (Å²) in [6, 6.07) is 7.60. The molecule has 1 aromatic carbocycles. The number of ketones is 1. The van der Waals surface area contributed by atoms with Crippen LogP contribution in [0, 0.1) is 5.92 Å². The number of methoxy groups -OCH3 is 1. The van der Waals surface area contributed by atoms with Crippen LogP contribution in [0.15, 0.2) is 24.3 Å². The van der Waals surface area contributed by atoms with E-state index in [4.69, 9.17) is 13.9 Å². The lowest BCUT2D eigenvalue weighted by molar-refractivity contribution is -0.143. The second-order valence-electron chi connectivity index (χ2n) is 9.27. The Morgan fingerprint density at radius 1 is 1.14 bits per heavy atom. The zero-order valence-electron chi connectivity index (χ0n) is 18.9. The van der Waals surface area contributed by atoms with E-state index in [2.05, 4.69) is 33.9 Å². The van der Waals surface area contributed by atoms with Crippen molar-refractivity contribution in [3.05, 3.63) is 29.8 Å². The zero-order valence-corrected chi connectivity index (χ0v) is 19.9. The third-order valence-corrected chi connectivity index (χ3v) is 9.99. The van der Waals surface area contributed by atoms with Crippen molar-refractivity contribution in [1.29, 1.82) is 0 Å². The number of aliphatic hydroxyl groups excluding tert-OH is 1. The average molecular weight is 411 g/mol. The number of ether oxygens (including phenoxy) is 2. The molecule has 1 N–H and O–H groups in total. The minimum absolute atomic E-state index is 0.0260. The van der Waals surface area contributed by atoms with E-state index >= 15 is 0 Å². The lowest BCUT2D eigenvalue weighted by Gasteiger charge is -2.41. The molecule has 0 amide bonds. The van der Waals surface area contributed by atoms with Crippen molar-refractivity contribution in [2.24, 2.45) is 5.92 Å². The van der Waals surface area contributed by atoms with E-state index in [0.29, 0.717) is 6.61 Å². The van der Waals surface area contributed by atoms with Gasteiger partial charge in [0.15, 0.2) is 14.1 Å². The number of carbonyl (C=O) groups is 1. The minimum Gasteiger partial charge on any atom is -0.497 e. The van der Waals surface area contributed by atoms with E-state index in [9.17, 15) is 9.90 Å². The fraction of sp³-hybridized carbons (Fsp3) is 0.682. The molecule has 0 fully saturated rings. The standard InChI is InChI=1S/C22H38O5Si/c1-15(2)20(26-14-17-10-12-18(25-7)13-11-17)19(24)21(16(3)23)27-28(8,9)22(4,5)6/h10-13,15,19-21,24H,14H2,1-9H3/t19-,20-,21-/m0/s1. The highest BCUT2D eigenvalue weighted by Crippen LogP contribution is 2.38. The summed E-state index contributed by atoms with van der Waals surface area (Å²) in [6.45, 7) is 16.3. The van der Waals surface area contributed by atoms with Gasteiger partial charge in [0.25, 0.3) is 0 Å². The summed E-state index contributed by atoms with van der Waals surface area (Å²) >= 11 is 0. The number of hydrogen-bond donors (Lipinski definition) is 1. The summed E-state index contributed by atoms with van der Waals surface area (Å²) in [4.78, 5) is 12.3. The van der Waals surface area contributed by atoms with Gasteiger partial charge in [0, 0.05) is 0 Å². The minimum atomic E-state index is -2.22. The van der Waals surface area contributed by atoms with Crippen LogP contribution in [0.3, 0.4) is 0 Å². The zero-order chi connectivity index (χ0) is 21.7. The second kappa shape index (κ2) is 10.0. The van der Waals surface area contributed by atoms with Crippen LogP contribution < -0.4 is 4.74 Å². The van der Waals surface area contributed by atoms with Crippen molar-refractivity contribution in [1.82, 2.24) is 0 Å². The summed E-state index contributed by atoms with van der Waals surface area (Å²) in [7, 11) is -0.596. The average Bonchev–Trinajstić information content (AvgIpc) is 2.58. The number of Topliss-reactive ketones (excluding diaryl/α,β-unsaturated/α-hetero) is 1. The molecule has 0 saturated heterocycles. The Hall–Kier alpha value is -1.21. The first kappa shape index (κ1) is 24.8. The van der Waals surface area contributed by atoms with Gasteiger partial charge in [0.1, 0.15) is 18.0 Å². The lowest BCUT2D eigenvalue weighted by atomic mass is 9.96. The Morgan fingerprint density at radius 2 is 1.68 bits per heavy atom. The van der Waals surface area contributed by atoms with Gasteiger partial charge >= 0.3 is 0 Å². The topological polar surface area (TPSA) is 65.0 Å². The maximum atomic E-state index is 12.3. The van der Waals surface area contributed by atoms with Gasteiger partial charge in [0.05, 0.1) is 19.8 Å². The molecule has 0 spiro atoms. The number of aliphatic hydroxyl groups is 1. The number of benzene rings is 1. The Balaban J connectivity index is 2.94. The van der Waals surface area contributed by atoms with Crippen molar-refractivity contribution in [3.63, 3.8) is 0 Å².